The van der Waals surface area contributed by atoms with Gasteiger partial charge in [-0.3, -0.25) is 9.30 Å². The van der Waals surface area contributed by atoms with Crippen molar-refractivity contribution in [3.05, 3.63) is 54.2 Å². The molecule has 1 aliphatic carbocycles. The maximum Gasteiger partial charge on any atom is 0.408 e. The number of ether oxygens (including phenoxy) is 1. The number of fused-ring (bicyclic) bond motifs is 2. The molecule has 1 N–H and O–H groups in total. The molecule has 2 fully saturated rings. The molecule has 4 heterocycles. The third kappa shape index (κ3) is 5.07. The van der Waals surface area contributed by atoms with Gasteiger partial charge in [0.15, 0.2) is 11.5 Å². The van der Waals surface area contributed by atoms with Crippen molar-refractivity contribution in [3.8, 4) is 17.3 Å². The third-order valence-corrected chi connectivity index (χ3v) is 7.29. The predicted octanol–water partition coefficient (Wildman–Crippen LogP) is 5.41. The van der Waals surface area contributed by atoms with Crippen molar-refractivity contribution in [1.82, 2.24) is 29.8 Å². The lowest BCUT2D eigenvalue weighted by Crippen LogP contribution is -2.41. The average Bonchev–Trinajstić information content (AvgIpc) is 3.45. The molecule has 10 heteroatoms. The Labute approximate surface area is 219 Å². The van der Waals surface area contributed by atoms with Crippen LogP contribution in [0.25, 0.3) is 28.1 Å². The summed E-state index contributed by atoms with van der Waals surface area (Å²) in [6.45, 7) is 5.39. The number of nitrogens with zero attached hydrogens (tertiary/aromatic N) is 5. The molecule has 0 radical (unpaired) electrons. The second kappa shape index (κ2) is 9.81. The number of pyridine rings is 2. The Hall–Kier alpha value is -3.24. The van der Waals surface area contributed by atoms with Gasteiger partial charge in [-0.1, -0.05) is 38.1 Å². The SMILES string of the molecule is CC(C)N[C@H]1CCN(C(c2ccc3nnc(-c4ccc5cccc(OCC6CC6)c5n4)n3c2)C(F)(F)F)C1. The summed E-state index contributed by atoms with van der Waals surface area (Å²) in [6.07, 6.45) is 0.125. The van der Waals surface area contributed by atoms with E-state index in [1.54, 1.807) is 10.5 Å². The Morgan fingerprint density at radius 2 is 1.89 bits per heavy atom. The minimum absolute atomic E-state index is 0.0344. The fraction of sp³-hybridized carbons (Fsp3) is 0.464. The van der Waals surface area contributed by atoms with E-state index in [1.807, 2.05) is 44.2 Å². The van der Waals surface area contributed by atoms with Crippen molar-refractivity contribution in [1.29, 1.82) is 0 Å². The zero-order valence-electron chi connectivity index (χ0n) is 21.4. The van der Waals surface area contributed by atoms with Crippen LogP contribution in [0.3, 0.4) is 0 Å². The van der Waals surface area contributed by atoms with Crippen molar-refractivity contribution in [2.24, 2.45) is 5.92 Å². The van der Waals surface area contributed by atoms with E-state index in [0.717, 1.165) is 5.39 Å². The van der Waals surface area contributed by atoms with E-state index in [4.69, 9.17) is 9.72 Å². The molecule has 200 valence electrons. The van der Waals surface area contributed by atoms with Gasteiger partial charge in [0, 0.05) is 36.8 Å². The van der Waals surface area contributed by atoms with E-state index in [0.29, 0.717) is 60.5 Å². The fourth-order valence-corrected chi connectivity index (χ4v) is 5.33. The number of aromatic nitrogens is 4. The van der Waals surface area contributed by atoms with Crippen LogP contribution in [0.1, 0.15) is 44.7 Å². The van der Waals surface area contributed by atoms with E-state index < -0.39 is 12.2 Å². The monoisotopic (exact) mass is 524 g/mol. The quantitative estimate of drug-likeness (QED) is 0.333. The summed E-state index contributed by atoms with van der Waals surface area (Å²) in [5.74, 6) is 1.69. The molecule has 38 heavy (non-hydrogen) atoms. The predicted molar refractivity (Wildman–Crippen MR) is 139 cm³/mol. The Morgan fingerprint density at radius 1 is 1.05 bits per heavy atom. The minimum Gasteiger partial charge on any atom is -0.491 e. The van der Waals surface area contributed by atoms with Crippen molar-refractivity contribution < 1.29 is 17.9 Å². The molecular formula is C28H31F3N6O. The lowest BCUT2D eigenvalue weighted by atomic mass is 10.1. The van der Waals surface area contributed by atoms with Crippen molar-refractivity contribution >= 4 is 16.6 Å². The van der Waals surface area contributed by atoms with Crippen molar-refractivity contribution in [2.75, 3.05) is 19.7 Å². The van der Waals surface area contributed by atoms with Gasteiger partial charge in [-0.25, -0.2) is 4.98 Å². The van der Waals surface area contributed by atoms with Crippen LogP contribution in [0, 0.1) is 5.92 Å². The highest BCUT2D eigenvalue weighted by molar-refractivity contribution is 5.86. The van der Waals surface area contributed by atoms with Gasteiger partial charge in [0.25, 0.3) is 0 Å². The Balaban J connectivity index is 1.36. The van der Waals surface area contributed by atoms with E-state index in [9.17, 15) is 13.2 Å². The first-order valence-corrected chi connectivity index (χ1v) is 13.2. The molecule has 1 saturated heterocycles. The first-order valence-electron chi connectivity index (χ1n) is 13.2. The van der Waals surface area contributed by atoms with Gasteiger partial charge in [-0.05, 0) is 48.9 Å². The molecule has 3 aromatic heterocycles. The maximum atomic E-state index is 14.4. The van der Waals surface area contributed by atoms with Gasteiger partial charge in [0.2, 0.25) is 0 Å². The number of nitrogens with one attached hydrogen (secondary N) is 1. The van der Waals surface area contributed by atoms with E-state index in [1.165, 1.54) is 30.0 Å². The molecule has 0 amide bonds. The summed E-state index contributed by atoms with van der Waals surface area (Å²) in [4.78, 5) is 6.33. The number of benzene rings is 1. The van der Waals surface area contributed by atoms with Crippen LogP contribution >= 0.6 is 0 Å². The molecule has 1 saturated carbocycles. The minimum atomic E-state index is -4.43. The molecule has 0 spiro atoms. The van der Waals surface area contributed by atoms with Gasteiger partial charge < -0.3 is 10.1 Å². The number of hydrogen-bond acceptors (Lipinski definition) is 6. The molecule has 1 unspecified atom stereocenters. The first kappa shape index (κ1) is 25.1. The van der Waals surface area contributed by atoms with E-state index >= 15 is 0 Å². The van der Waals surface area contributed by atoms with Crippen LogP contribution in [0.5, 0.6) is 5.75 Å². The topological polar surface area (TPSA) is 67.6 Å². The fourth-order valence-electron chi connectivity index (χ4n) is 5.33. The standard InChI is InChI=1S/C28H31F3N6O/c1-17(2)32-21-12-13-36(15-21)26(28(29,30)31)20-9-11-24-34-35-27(37(24)14-20)22-10-8-19-4-3-5-23(25(19)33-22)38-16-18-6-7-18/h3-5,8-11,14,17-18,21,26,32H,6-7,12-13,15-16H2,1-2H3/t21-,26?/m0/s1. The smallest absolute Gasteiger partial charge is 0.408 e. The van der Waals surface area contributed by atoms with Crippen LogP contribution < -0.4 is 10.1 Å². The van der Waals surface area contributed by atoms with Crippen LogP contribution in [0.2, 0.25) is 0 Å². The summed E-state index contributed by atoms with van der Waals surface area (Å²) >= 11 is 0. The first-order chi connectivity index (χ1) is 18.3. The number of hydrogen-bond donors (Lipinski definition) is 1. The molecule has 1 aromatic carbocycles. The molecule has 2 aliphatic rings. The summed E-state index contributed by atoms with van der Waals surface area (Å²) in [5.41, 5.74) is 1.85. The van der Waals surface area contributed by atoms with Crippen molar-refractivity contribution in [2.45, 2.75) is 57.4 Å². The van der Waals surface area contributed by atoms with Crippen LogP contribution in [0.15, 0.2) is 48.7 Å². The van der Waals surface area contributed by atoms with Gasteiger partial charge in [0.05, 0.1) is 6.61 Å². The largest absolute Gasteiger partial charge is 0.491 e. The number of alkyl halides is 3. The Bertz CT molecular complexity index is 1450. The zero-order valence-corrected chi connectivity index (χ0v) is 21.4. The third-order valence-electron chi connectivity index (χ3n) is 7.29. The van der Waals surface area contributed by atoms with Crippen molar-refractivity contribution in [3.63, 3.8) is 0 Å². The highest BCUT2D eigenvalue weighted by Crippen LogP contribution is 2.40. The Morgan fingerprint density at radius 3 is 2.66 bits per heavy atom. The summed E-state index contributed by atoms with van der Waals surface area (Å²) in [5, 5.41) is 12.8. The number of halogens is 3. The second-order valence-corrected chi connectivity index (χ2v) is 10.7. The molecule has 1 aliphatic heterocycles. The average molecular weight is 525 g/mol. The van der Waals surface area contributed by atoms with Gasteiger partial charge in [-0.15, -0.1) is 10.2 Å². The molecule has 7 nitrogen and oxygen atoms in total. The maximum absolute atomic E-state index is 14.4. The van der Waals surface area contributed by atoms with Crippen LogP contribution in [0.4, 0.5) is 13.2 Å². The number of likely N-dealkylation sites (tertiary alicyclic amines) is 1. The molecule has 4 aromatic rings. The highest BCUT2D eigenvalue weighted by Gasteiger charge is 2.47. The number of para-hydroxylation sites is 1. The summed E-state index contributed by atoms with van der Waals surface area (Å²) in [6, 6.07) is 11.2. The molecule has 2 atom stereocenters. The van der Waals surface area contributed by atoms with Gasteiger partial charge >= 0.3 is 6.18 Å². The van der Waals surface area contributed by atoms with E-state index in [2.05, 4.69) is 15.5 Å². The second-order valence-electron chi connectivity index (χ2n) is 10.7. The number of rotatable bonds is 8. The summed E-state index contributed by atoms with van der Waals surface area (Å²) in [7, 11) is 0. The van der Waals surface area contributed by atoms with Gasteiger partial charge in [0.1, 0.15) is 23.0 Å². The lowest BCUT2D eigenvalue weighted by Gasteiger charge is -2.30. The van der Waals surface area contributed by atoms with E-state index in [-0.39, 0.29) is 17.6 Å². The molecule has 0 bridgehead atoms. The van der Waals surface area contributed by atoms with Gasteiger partial charge in [-0.2, -0.15) is 13.2 Å². The normalized spacial score (nSPS) is 19.6. The molecular weight excluding hydrogens is 493 g/mol. The highest BCUT2D eigenvalue weighted by atomic mass is 19.4. The molecule has 6 rings (SSSR count). The Kier molecular flexibility index (Phi) is 6.47. The lowest BCUT2D eigenvalue weighted by molar-refractivity contribution is -0.184. The zero-order chi connectivity index (χ0) is 26.4. The van der Waals surface area contributed by atoms with Crippen LogP contribution in [-0.2, 0) is 0 Å². The van der Waals surface area contributed by atoms with Crippen LogP contribution in [-0.4, -0.2) is 62.4 Å². The summed E-state index contributed by atoms with van der Waals surface area (Å²) < 4.78 is 50.9.